The highest BCUT2D eigenvalue weighted by molar-refractivity contribution is 6.12. The van der Waals surface area contributed by atoms with Crippen LogP contribution in [0.25, 0.3) is 89.2 Å². The third-order valence-corrected chi connectivity index (χ3v) is 10.7. The summed E-state index contributed by atoms with van der Waals surface area (Å²) in [5.74, 6) is 0.839. The number of alkyl halides is 6. The minimum Gasteiger partial charge on any atom is -0.307 e. The fraction of sp³-hybridized carbons (Fsp3) is 0.0417. The van der Waals surface area contributed by atoms with Crippen LogP contribution in [-0.4, -0.2) is 24.1 Å². The smallest absolute Gasteiger partial charge is 0.307 e. The molecule has 0 fully saturated rings. The van der Waals surface area contributed by atoms with Crippen LogP contribution in [0.15, 0.2) is 158 Å². The molecule has 0 bridgehead atoms. The Morgan fingerprint density at radius 2 is 0.817 bits per heavy atom. The molecule has 10 aromatic rings. The number of halogens is 6. The summed E-state index contributed by atoms with van der Waals surface area (Å²) in [5, 5.41) is 12.6. The molecule has 60 heavy (non-hydrogen) atoms. The average molecular weight is 801 g/mol. The number of nitrogens with zero attached hydrogens (tertiary/aromatic N) is 6. The Morgan fingerprint density at radius 1 is 0.417 bits per heavy atom. The Hall–Kier alpha value is -7.78. The summed E-state index contributed by atoms with van der Waals surface area (Å²) in [6.07, 6.45) is -9.23. The van der Waals surface area contributed by atoms with Crippen LogP contribution in [0, 0.1) is 11.3 Å². The molecule has 0 aliphatic heterocycles. The van der Waals surface area contributed by atoms with E-state index in [4.69, 9.17) is 15.0 Å². The summed E-state index contributed by atoms with van der Waals surface area (Å²) in [6, 6.07) is 45.3. The van der Waals surface area contributed by atoms with Gasteiger partial charge in [0.05, 0.1) is 56.2 Å². The lowest BCUT2D eigenvalue weighted by Gasteiger charge is -2.19. The molecule has 0 unspecified atom stereocenters. The highest BCUT2D eigenvalue weighted by Gasteiger charge is 2.33. The summed E-state index contributed by atoms with van der Waals surface area (Å²) in [5.41, 5.74) is 2.89. The number of para-hydroxylation sites is 2. The van der Waals surface area contributed by atoms with Crippen LogP contribution in [-0.2, 0) is 12.4 Å². The molecular weight excluding hydrogens is 775 g/mol. The number of hydrogen-bond acceptors (Lipinski definition) is 4. The van der Waals surface area contributed by atoms with Crippen molar-refractivity contribution >= 4 is 43.6 Å². The third-order valence-electron chi connectivity index (χ3n) is 10.7. The van der Waals surface area contributed by atoms with Crippen molar-refractivity contribution in [3.8, 4) is 51.6 Å². The summed E-state index contributed by atoms with van der Waals surface area (Å²) in [4.78, 5) is 14.6. The fourth-order valence-electron chi connectivity index (χ4n) is 7.96. The molecule has 0 atom stereocenters. The van der Waals surface area contributed by atoms with Crippen molar-refractivity contribution < 1.29 is 26.3 Å². The van der Waals surface area contributed by atoms with Gasteiger partial charge in [-0.25, -0.2) is 15.0 Å². The van der Waals surface area contributed by atoms with Crippen LogP contribution in [0.4, 0.5) is 26.3 Å². The highest BCUT2D eigenvalue weighted by atomic mass is 19.4. The molecule has 12 heteroatoms. The van der Waals surface area contributed by atoms with Crippen molar-refractivity contribution in [1.82, 2.24) is 24.1 Å². The molecule has 0 amide bonds. The van der Waals surface area contributed by atoms with E-state index in [1.54, 1.807) is 65.2 Å². The van der Waals surface area contributed by atoms with Gasteiger partial charge in [0.1, 0.15) is 0 Å². The number of hydrogen-bond donors (Lipinski definition) is 0. The first-order valence-electron chi connectivity index (χ1n) is 18.6. The lowest BCUT2D eigenvalue weighted by Crippen LogP contribution is -2.08. The second kappa shape index (κ2) is 13.7. The Labute approximate surface area is 336 Å². The molecule has 290 valence electrons. The predicted octanol–water partition coefficient (Wildman–Crippen LogP) is 13.0. The van der Waals surface area contributed by atoms with E-state index in [9.17, 15) is 31.6 Å². The number of rotatable bonds is 5. The first kappa shape index (κ1) is 36.6. The van der Waals surface area contributed by atoms with Crippen molar-refractivity contribution in [2.24, 2.45) is 0 Å². The second-order valence-electron chi connectivity index (χ2n) is 14.2. The lowest BCUT2D eigenvalue weighted by atomic mass is 10.0. The fourth-order valence-corrected chi connectivity index (χ4v) is 7.96. The van der Waals surface area contributed by atoms with Gasteiger partial charge in [0.25, 0.3) is 0 Å². The van der Waals surface area contributed by atoms with Crippen LogP contribution in [0.3, 0.4) is 0 Å². The van der Waals surface area contributed by atoms with Gasteiger partial charge in [-0.2, -0.15) is 31.6 Å². The van der Waals surface area contributed by atoms with Gasteiger partial charge in [-0.05, 0) is 60.7 Å². The Morgan fingerprint density at radius 3 is 1.27 bits per heavy atom. The maximum Gasteiger partial charge on any atom is 0.416 e. The highest BCUT2D eigenvalue weighted by Crippen LogP contribution is 2.43. The Balaban J connectivity index is 1.35. The van der Waals surface area contributed by atoms with Gasteiger partial charge in [-0.1, -0.05) is 97.1 Å². The Kier molecular flexibility index (Phi) is 8.33. The van der Waals surface area contributed by atoms with Crippen molar-refractivity contribution in [2.45, 2.75) is 12.4 Å². The van der Waals surface area contributed by atoms with E-state index in [0.717, 1.165) is 24.3 Å². The van der Waals surface area contributed by atoms with Crippen LogP contribution in [0.2, 0.25) is 0 Å². The van der Waals surface area contributed by atoms with Gasteiger partial charge in [-0.15, -0.1) is 0 Å². The molecule has 0 radical (unpaired) electrons. The number of fused-ring (bicyclic) bond motifs is 6. The standard InChI is InChI=1S/C48H26F6N6/c49-47(50,51)31-19-21-40-36(24-31)33-15-7-9-17-38(33)59(40)42-23-30(27-55)35(46-57-44(28-11-3-1-4-12-28)56-45(58-46)29-13-5-2-6-14-29)26-43(42)60-39-18-10-8-16-34(39)37-25-32(48(52,53)54)20-22-41(37)60/h1-26H. The molecule has 0 spiro atoms. The van der Waals surface area contributed by atoms with E-state index in [1.165, 1.54) is 12.1 Å². The average Bonchev–Trinajstić information content (AvgIpc) is 3.78. The van der Waals surface area contributed by atoms with E-state index in [1.807, 2.05) is 65.2 Å². The van der Waals surface area contributed by atoms with Crippen molar-refractivity contribution in [3.63, 3.8) is 0 Å². The summed E-state index contributed by atoms with van der Waals surface area (Å²) in [7, 11) is 0. The Bertz CT molecular complexity index is 3300. The van der Waals surface area contributed by atoms with E-state index in [0.29, 0.717) is 83.3 Å². The first-order valence-corrected chi connectivity index (χ1v) is 18.6. The number of benzene rings is 7. The second-order valence-corrected chi connectivity index (χ2v) is 14.2. The summed E-state index contributed by atoms with van der Waals surface area (Å²) >= 11 is 0. The van der Waals surface area contributed by atoms with Crippen LogP contribution in [0.5, 0.6) is 0 Å². The van der Waals surface area contributed by atoms with Crippen LogP contribution >= 0.6 is 0 Å². The molecule has 7 aromatic carbocycles. The monoisotopic (exact) mass is 800 g/mol. The molecule has 10 rings (SSSR count). The van der Waals surface area contributed by atoms with E-state index in [2.05, 4.69) is 6.07 Å². The first-order chi connectivity index (χ1) is 29.0. The van der Waals surface area contributed by atoms with E-state index < -0.39 is 23.5 Å². The van der Waals surface area contributed by atoms with E-state index in [-0.39, 0.29) is 11.4 Å². The minimum absolute atomic E-state index is 0.135. The topological polar surface area (TPSA) is 72.3 Å². The van der Waals surface area contributed by atoms with Crippen molar-refractivity contribution in [2.75, 3.05) is 0 Å². The van der Waals surface area contributed by atoms with Crippen molar-refractivity contribution in [3.05, 3.63) is 174 Å². The lowest BCUT2D eigenvalue weighted by molar-refractivity contribution is -0.138. The van der Waals surface area contributed by atoms with Crippen LogP contribution in [0.1, 0.15) is 16.7 Å². The SMILES string of the molecule is N#Cc1cc(-n2c3ccccc3c3cc(C(F)(F)F)ccc32)c(-n2c3ccccc3c3cc(C(F)(F)F)ccc32)cc1-c1nc(-c2ccccc2)nc(-c2ccccc2)n1. The molecule has 0 saturated heterocycles. The van der Waals surface area contributed by atoms with Gasteiger partial charge in [0.2, 0.25) is 0 Å². The summed E-state index contributed by atoms with van der Waals surface area (Å²) < 4.78 is 88.6. The predicted molar refractivity (Wildman–Crippen MR) is 220 cm³/mol. The van der Waals surface area contributed by atoms with Gasteiger partial charge in [-0.3, -0.25) is 0 Å². The number of aromatic nitrogens is 5. The van der Waals surface area contributed by atoms with Crippen molar-refractivity contribution in [1.29, 1.82) is 5.26 Å². The molecule has 3 heterocycles. The largest absolute Gasteiger partial charge is 0.416 e. The maximum atomic E-state index is 14.2. The maximum absolute atomic E-state index is 14.2. The zero-order valence-electron chi connectivity index (χ0n) is 31.0. The van der Waals surface area contributed by atoms with E-state index >= 15 is 0 Å². The van der Waals surface area contributed by atoms with Gasteiger partial charge < -0.3 is 9.13 Å². The normalized spacial score (nSPS) is 12.2. The van der Waals surface area contributed by atoms with Gasteiger partial charge >= 0.3 is 12.4 Å². The zero-order valence-corrected chi connectivity index (χ0v) is 31.0. The quantitative estimate of drug-likeness (QED) is 0.163. The zero-order chi connectivity index (χ0) is 41.3. The third kappa shape index (κ3) is 6.02. The van der Waals surface area contributed by atoms with Gasteiger partial charge in [0, 0.05) is 38.2 Å². The number of nitriles is 1. The molecule has 0 saturated carbocycles. The molecule has 0 aliphatic rings. The van der Waals surface area contributed by atoms with Gasteiger partial charge in [0.15, 0.2) is 17.5 Å². The minimum atomic E-state index is -4.62. The summed E-state index contributed by atoms with van der Waals surface area (Å²) in [6.45, 7) is 0. The molecule has 3 aromatic heterocycles. The molecule has 0 aliphatic carbocycles. The van der Waals surface area contributed by atoms with Crippen LogP contribution < -0.4 is 0 Å². The molecule has 6 nitrogen and oxygen atoms in total. The molecular formula is C48H26F6N6. The molecule has 0 N–H and O–H groups in total.